The van der Waals surface area contributed by atoms with Crippen molar-refractivity contribution in [3.05, 3.63) is 84.3 Å². The predicted octanol–water partition coefficient (Wildman–Crippen LogP) is 5.44. The topological polar surface area (TPSA) is 106 Å². The SMILES string of the molecule is O=C(C#CCCOPI)Nc1ccc2ncnc(Nc3ccc(Cc4ccn5ncnc5c4)c(F)c3)c2c1. The summed E-state index contributed by atoms with van der Waals surface area (Å²) in [5.41, 5.74) is 3.95. The third-order valence-electron chi connectivity index (χ3n) is 5.53. The van der Waals surface area contributed by atoms with Crippen molar-refractivity contribution in [1.82, 2.24) is 24.6 Å². The second-order valence-corrected chi connectivity index (χ2v) is 9.86. The third-order valence-corrected chi connectivity index (χ3v) is 6.78. The van der Waals surface area contributed by atoms with Gasteiger partial charge in [-0.15, -0.1) is 0 Å². The van der Waals surface area contributed by atoms with E-state index in [1.54, 1.807) is 41.0 Å². The van der Waals surface area contributed by atoms with Crippen LogP contribution in [0.3, 0.4) is 0 Å². The van der Waals surface area contributed by atoms with Crippen LogP contribution < -0.4 is 10.6 Å². The zero-order chi connectivity index (χ0) is 26.3. The van der Waals surface area contributed by atoms with Gasteiger partial charge in [-0.25, -0.2) is 23.9 Å². The van der Waals surface area contributed by atoms with E-state index in [0.717, 1.165) is 5.56 Å². The third kappa shape index (κ3) is 6.39. The average molecular weight is 639 g/mol. The molecule has 0 fully saturated rings. The molecule has 0 radical (unpaired) electrons. The van der Waals surface area contributed by atoms with Gasteiger partial charge in [-0.2, -0.15) is 5.10 Å². The molecule has 1 unspecified atom stereocenters. The Morgan fingerprint density at radius 1 is 1.08 bits per heavy atom. The molecule has 38 heavy (non-hydrogen) atoms. The highest BCUT2D eigenvalue weighted by molar-refractivity contribution is 14.2. The summed E-state index contributed by atoms with van der Waals surface area (Å²) in [6.45, 7) is 0.859. The zero-order valence-electron chi connectivity index (χ0n) is 19.8. The number of carbonyl (C=O) groups is 1. The van der Waals surface area contributed by atoms with Crippen molar-refractivity contribution in [1.29, 1.82) is 0 Å². The first-order valence-corrected chi connectivity index (χ1v) is 15.5. The summed E-state index contributed by atoms with van der Waals surface area (Å²) in [5, 5.41) is 10.7. The molecule has 5 rings (SSSR count). The lowest BCUT2D eigenvalue weighted by Gasteiger charge is -2.11. The molecule has 0 bridgehead atoms. The smallest absolute Gasteiger partial charge is 0.300 e. The Morgan fingerprint density at radius 2 is 1.97 bits per heavy atom. The van der Waals surface area contributed by atoms with E-state index < -0.39 is 5.91 Å². The van der Waals surface area contributed by atoms with Crippen LogP contribution >= 0.6 is 28.5 Å². The summed E-state index contributed by atoms with van der Waals surface area (Å²) in [7, 11) is 0. The van der Waals surface area contributed by atoms with Crippen LogP contribution in [0.2, 0.25) is 0 Å². The Hall–Kier alpha value is -3.72. The van der Waals surface area contributed by atoms with Crippen LogP contribution in [0, 0.1) is 17.7 Å². The quantitative estimate of drug-likeness (QED) is 0.101. The highest BCUT2D eigenvalue weighted by Gasteiger charge is 2.10. The fourth-order valence-corrected chi connectivity index (χ4v) is 4.61. The number of anilines is 3. The second kappa shape index (κ2) is 12.2. The summed E-state index contributed by atoms with van der Waals surface area (Å²) in [6.07, 6.45) is 5.61. The van der Waals surface area contributed by atoms with Gasteiger partial charge < -0.3 is 15.2 Å². The van der Waals surface area contributed by atoms with Crippen LogP contribution in [-0.2, 0) is 15.7 Å². The lowest BCUT2D eigenvalue weighted by atomic mass is 10.0. The van der Waals surface area contributed by atoms with Crippen molar-refractivity contribution in [2.24, 2.45) is 0 Å². The standard InChI is InChI=1S/C26H20FIN7O2P/c27-22-14-20(5-4-18(22)11-17-8-9-35-24(12-17)30-16-32-35)34-26-21-13-19(6-7-23(21)29-15-31-26)33-25(36)3-1-2-10-37-38-28/h4-9,12-16,38H,2,10-11H2,(H,33,36)(H,29,31,34). The van der Waals surface area contributed by atoms with Crippen molar-refractivity contribution in [3.63, 3.8) is 0 Å². The van der Waals surface area contributed by atoms with Gasteiger partial charge in [0.1, 0.15) is 24.3 Å². The van der Waals surface area contributed by atoms with E-state index in [2.05, 4.69) is 64.6 Å². The van der Waals surface area contributed by atoms with Gasteiger partial charge in [0.15, 0.2) is 5.65 Å². The van der Waals surface area contributed by atoms with Crippen LogP contribution in [0.4, 0.5) is 21.6 Å². The zero-order valence-corrected chi connectivity index (χ0v) is 22.9. The summed E-state index contributed by atoms with van der Waals surface area (Å²) in [5.74, 6) is 5.06. The number of benzene rings is 2. The first-order valence-electron chi connectivity index (χ1n) is 11.4. The summed E-state index contributed by atoms with van der Waals surface area (Å²) >= 11 is 2.13. The molecule has 0 saturated carbocycles. The predicted molar refractivity (Wildman–Crippen MR) is 154 cm³/mol. The second-order valence-electron chi connectivity index (χ2n) is 8.09. The van der Waals surface area contributed by atoms with Crippen LogP contribution in [0.25, 0.3) is 16.6 Å². The van der Waals surface area contributed by atoms with Gasteiger partial charge in [0.2, 0.25) is 0 Å². The number of nitrogens with one attached hydrogen (secondary N) is 2. The lowest BCUT2D eigenvalue weighted by Crippen LogP contribution is -2.08. The Bertz CT molecular complexity index is 1690. The molecule has 1 atom stereocenters. The fraction of sp³-hybridized carbons (Fsp3) is 0.115. The molecular formula is C26H20FIN7O2P. The molecule has 12 heteroatoms. The fourth-order valence-electron chi connectivity index (χ4n) is 3.77. The molecule has 0 aliphatic heterocycles. The van der Waals surface area contributed by atoms with Gasteiger partial charge >= 0.3 is 0 Å². The van der Waals surface area contributed by atoms with Crippen molar-refractivity contribution in [2.45, 2.75) is 12.8 Å². The molecule has 3 heterocycles. The monoisotopic (exact) mass is 639 g/mol. The van der Waals surface area contributed by atoms with E-state index in [1.807, 2.05) is 12.1 Å². The first-order chi connectivity index (χ1) is 18.6. The highest BCUT2D eigenvalue weighted by Crippen LogP contribution is 2.27. The average Bonchev–Trinajstić information content (AvgIpc) is 3.38. The molecule has 0 aliphatic rings. The normalized spacial score (nSPS) is 11.1. The largest absolute Gasteiger partial charge is 0.351 e. The maximum absolute atomic E-state index is 15.0. The molecule has 0 saturated heterocycles. The summed E-state index contributed by atoms with van der Waals surface area (Å²) in [6, 6.07) is 14.0. The number of aromatic nitrogens is 5. The Balaban J connectivity index is 1.31. The Labute approximate surface area is 232 Å². The van der Waals surface area contributed by atoms with Gasteiger partial charge in [0, 0.05) is 35.8 Å². The number of carbonyl (C=O) groups excluding carboxylic acids is 1. The van der Waals surface area contributed by atoms with Crippen molar-refractivity contribution in [2.75, 3.05) is 17.2 Å². The molecule has 2 aromatic carbocycles. The molecule has 2 N–H and O–H groups in total. The molecule has 0 aliphatic carbocycles. The minimum Gasteiger partial charge on any atom is -0.351 e. The summed E-state index contributed by atoms with van der Waals surface area (Å²) < 4.78 is 21.9. The maximum Gasteiger partial charge on any atom is 0.300 e. The molecule has 1 amide bonds. The Kier molecular flexibility index (Phi) is 8.33. The number of hydrogen-bond donors (Lipinski definition) is 2. The van der Waals surface area contributed by atoms with Crippen LogP contribution in [0.15, 0.2) is 67.4 Å². The molecule has 3 aromatic heterocycles. The van der Waals surface area contributed by atoms with Gasteiger partial charge in [-0.1, -0.05) is 12.0 Å². The number of hydrogen-bond acceptors (Lipinski definition) is 7. The lowest BCUT2D eigenvalue weighted by molar-refractivity contribution is -0.111. The molecule has 9 nitrogen and oxygen atoms in total. The molecule has 0 spiro atoms. The number of pyridine rings is 1. The van der Waals surface area contributed by atoms with Crippen molar-refractivity contribution >= 4 is 68.1 Å². The van der Waals surface area contributed by atoms with E-state index in [-0.39, 0.29) is 5.82 Å². The van der Waals surface area contributed by atoms with Crippen molar-refractivity contribution in [3.8, 4) is 11.8 Å². The highest BCUT2D eigenvalue weighted by atomic mass is 127. The maximum atomic E-state index is 15.0. The van der Waals surface area contributed by atoms with Gasteiger partial charge in [-0.05, 0) is 81.6 Å². The molecular weight excluding hydrogens is 619 g/mol. The number of rotatable bonds is 8. The minimum atomic E-state index is -0.423. The Morgan fingerprint density at radius 3 is 2.84 bits per heavy atom. The van der Waals surface area contributed by atoms with Crippen LogP contribution in [0.1, 0.15) is 17.5 Å². The van der Waals surface area contributed by atoms with Gasteiger partial charge in [0.25, 0.3) is 5.91 Å². The number of nitrogens with zero attached hydrogens (tertiary/aromatic N) is 5. The van der Waals surface area contributed by atoms with E-state index >= 15 is 4.39 Å². The van der Waals surface area contributed by atoms with E-state index in [9.17, 15) is 4.79 Å². The van der Waals surface area contributed by atoms with E-state index in [4.69, 9.17) is 4.52 Å². The van der Waals surface area contributed by atoms with Gasteiger partial charge in [0.05, 0.1) is 18.6 Å². The van der Waals surface area contributed by atoms with Crippen LogP contribution in [0.5, 0.6) is 0 Å². The molecule has 190 valence electrons. The van der Waals surface area contributed by atoms with Crippen LogP contribution in [-0.4, -0.2) is 37.1 Å². The minimum absolute atomic E-state index is 0.342. The first kappa shape index (κ1) is 25.9. The van der Waals surface area contributed by atoms with Gasteiger partial charge in [-0.3, -0.25) is 4.79 Å². The van der Waals surface area contributed by atoms with E-state index in [1.165, 1.54) is 18.7 Å². The number of fused-ring (bicyclic) bond motifs is 2. The number of amides is 1. The summed E-state index contributed by atoms with van der Waals surface area (Å²) in [4.78, 5) is 25.0. The van der Waals surface area contributed by atoms with Crippen molar-refractivity contribution < 1.29 is 13.7 Å². The molecule has 5 aromatic rings. The number of halogens is 2. The van der Waals surface area contributed by atoms with E-state index in [0.29, 0.717) is 65.2 Å².